The first-order valence-corrected chi connectivity index (χ1v) is 6.44. The van der Waals surface area contributed by atoms with E-state index < -0.39 is 0 Å². The molecule has 1 heterocycles. The highest BCUT2D eigenvalue weighted by atomic mass is 16.1. The molecule has 0 amide bonds. The molecule has 1 fully saturated rings. The van der Waals surface area contributed by atoms with E-state index in [0.29, 0.717) is 5.92 Å². The van der Waals surface area contributed by atoms with Crippen molar-refractivity contribution >= 4 is 6.29 Å². The molecule has 0 N–H and O–H groups in total. The lowest BCUT2D eigenvalue weighted by Crippen LogP contribution is -2.34. The zero-order chi connectivity index (χ0) is 12.3. The van der Waals surface area contributed by atoms with Gasteiger partial charge in [-0.2, -0.15) is 0 Å². The molecule has 1 aromatic carbocycles. The minimum Gasteiger partial charge on any atom is -0.306 e. The average Bonchev–Trinajstić information content (AvgIpc) is 2.38. The molecular formula is C15H21NO. The number of benzene rings is 1. The van der Waals surface area contributed by atoms with E-state index in [0.717, 1.165) is 17.8 Å². The summed E-state index contributed by atoms with van der Waals surface area (Å²) >= 11 is 0. The first-order chi connectivity index (χ1) is 8.20. The highest BCUT2D eigenvalue weighted by molar-refractivity contribution is 5.74. The van der Waals surface area contributed by atoms with Crippen LogP contribution in [0.3, 0.4) is 0 Å². The molecule has 2 unspecified atom stereocenters. The van der Waals surface area contributed by atoms with E-state index in [1.54, 1.807) is 0 Å². The smallest absolute Gasteiger partial charge is 0.150 e. The average molecular weight is 231 g/mol. The maximum absolute atomic E-state index is 10.6. The summed E-state index contributed by atoms with van der Waals surface area (Å²) in [6, 6.07) is 8.04. The van der Waals surface area contributed by atoms with E-state index in [-0.39, 0.29) is 0 Å². The molecule has 1 aliphatic heterocycles. The van der Waals surface area contributed by atoms with Crippen molar-refractivity contribution in [3.8, 4) is 0 Å². The molecule has 0 radical (unpaired) electrons. The van der Waals surface area contributed by atoms with Crippen LogP contribution in [0, 0.1) is 5.92 Å². The second-order valence-corrected chi connectivity index (χ2v) is 5.24. The predicted octanol–water partition coefficient (Wildman–Crippen LogP) is 2.94. The molecule has 2 heteroatoms. The second kappa shape index (κ2) is 5.46. The van der Waals surface area contributed by atoms with Gasteiger partial charge >= 0.3 is 0 Å². The van der Waals surface area contributed by atoms with Gasteiger partial charge in [-0.1, -0.05) is 31.2 Å². The van der Waals surface area contributed by atoms with Gasteiger partial charge in [0.15, 0.2) is 0 Å². The molecule has 0 aliphatic carbocycles. The summed E-state index contributed by atoms with van der Waals surface area (Å²) in [6.45, 7) is 4.73. The number of carbonyl (C=O) groups is 1. The quantitative estimate of drug-likeness (QED) is 0.745. The van der Waals surface area contributed by atoms with Crippen LogP contribution in [0.25, 0.3) is 0 Å². The Labute approximate surface area is 104 Å². The number of hydrogen-bond donors (Lipinski definition) is 0. The highest BCUT2D eigenvalue weighted by Crippen LogP contribution is 2.30. The molecule has 1 aromatic rings. The summed E-state index contributed by atoms with van der Waals surface area (Å²) < 4.78 is 0. The van der Waals surface area contributed by atoms with Crippen molar-refractivity contribution in [1.82, 2.24) is 4.90 Å². The largest absolute Gasteiger partial charge is 0.306 e. The zero-order valence-corrected chi connectivity index (χ0v) is 10.7. The van der Waals surface area contributed by atoms with E-state index in [2.05, 4.69) is 31.0 Å². The number of likely N-dealkylation sites (tertiary alicyclic amines) is 1. The van der Waals surface area contributed by atoms with Gasteiger partial charge in [-0.25, -0.2) is 0 Å². The summed E-state index contributed by atoms with van der Waals surface area (Å²) in [6.07, 6.45) is 3.53. The van der Waals surface area contributed by atoms with Crippen LogP contribution in [0.1, 0.15) is 41.6 Å². The standard InChI is InChI=1S/C15H21NO/c1-12(15-4-3-9-16(2)10-15)14-7-5-13(11-17)6-8-14/h5-8,11-12,15H,3-4,9-10H2,1-2H3. The predicted molar refractivity (Wildman–Crippen MR) is 70.5 cm³/mol. The van der Waals surface area contributed by atoms with Crippen LogP contribution in [-0.2, 0) is 0 Å². The molecule has 1 saturated heterocycles. The minimum absolute atomic E-state index is 0.582. The van der Waals surface area contributed by atoms with Gasteiger partial charge < -0.3 is 4.90 Å². The van der Waals surface area contributed by atoms with Gasteiger partial charge in [-0.15, -0.1) is 0 Å². The number of aldehydes is 1. The van der Waals surface area contributed by atoms with Gasteiger partial charge in [0.2, 0.25) is 0 Å². The van der Waals surface area contributed by atoms with Crippen molar-refractivity contribution in [3.05, 3.63) is 35.4 Å². The van der Waals surface area contributed by atoms with Crippen LogP contribution in [0.5, 0.6) is 0 Å². The summed E-state index contributed by atoms with van der Waals surface area (Å²) in [7, 11) is 2.20. The van der Waals surface area contributed by atoms with Gasteiger partial charge in [0.05, 0.1) is 0 Å². The summed E-state index contributed by atoms with van der Waals surface area (Å²) in [5.74, 6) is 1.33. The Morgan fingerprint density at radius 3 is 2.65 bits per heavy atom. The SMILES string of the molecule is CC(c1ccc(C=O)cc1)C1CCCN(C)C1. The Balaban J connectivity index is 2.07. The monoisotopic (exact) mass is 231 g/mol. The minimum atomic E-state index is 0.582. The van der Waals surface area contributed by atoms with Crippen LogP contribution in [0.2, 0.25) is 0 Å². The first kappa shape index (κ1) is 12.3. The number of rotatable bonds is 3. The van der Waals surface area contributed by atoms with Crippen molar-refractivity contribution < 1.29 is 4.79 Å². The first-order valence-electron chi connectivity index (χ1n) is 6.44. The Bertz CT molecular complexity index is 371. The van der Waals surface area contributed by atoms with Crippen LogP contribution in [0.15, 0.2) is 24.3 Å². The van der Waals surface area contributed by atoms with Crippen LogP contribution < -0.4 is 0 Å². The fourth-order valence-electron chi connectivity index (χ4n) is 2.76. The van der Waals surface area contributed by atoms with E-state index in [9.17, 15) is 4.79 Å². The van der Waals surface area contributed by atoms with Crippen molar-refractivity contribution in [2.24, 2.45) is 5.92 Å². The van der Waals surface area contributed by atoms with Crippen molar-refractivity contribution in [2.45, 2.75) is 25.7 Å². The highest BCUT2D eigenvalue weighted by Gasteiger charge is 2.23. The van der Waals surface area contributed by atoms with Gasteiger partial charge in [0.25, 0.3) is 0 Å². The lowest BCUT2D eigenvalue weighted by atomic mass is 9.82. The lowest BCUT2D eigenvalue weighted by molar-refractivity contribution is 0.112. The third-order valence-corrected chi connectivity index (χ3v) is 3.97. The summed E-state index contributed by atoms with van der Waals surface area (Å²) in [5.41, 5.74) is 2.12. The molecule has 1 aliphatic rings. The number of piperidine rings is 1. The normalized spacial score (nSPS) is 23.3. The molecule has 0 bridgehead atoms. The Morgan fingerprint density at radius 1 is 1.35 bits per heavy atom. The molecule has 0 saturated carbocycles. The fraction of sp³-hybridized carbons (Fsp3) is 0.533. The van der Waals surface area contributed by atoms with Crippen molar-refractivity contribution in [3.63, 3.8) is 0 Å². The van der Waals surface area contributed by atoms with E-state index in [1.165, 1.54) is 31.5 Å². The van der Waals surface area contributed by atoms with Crippen LogP contribution in [0.4, 0.5) is 0 Å². The molecular weight excluding hydrogens is 210 g/mol. The fourth-order valence-corrected chi connectivity index (χ4v) is 2.76. The van der Waals surface area contributed by atoms with Gasteiger partial charge in [-0.05, 0) is 43.8 Å². The van der Waals surface area contributed by atoms with E-state index >= 15 is 0 Å². The topological polar surface area (TPSA) is 20.3 Å². The molecule has 17 heavy (non-hydrogen) atoms. The van der Waals surface area contributed by atoms with Crippen molar-refractivity contribution in [2.75, 3.05) is 20.1 Å². The van der Waals surface area contributed by atoms with E-state index in [4.69, 9.17) is 0 Å². The van der Waals surface area contributed by atoms with Gasteiger partial charge in [-0.3, -0.25) is 4.79 Å². The molecule has 2 rings (SSSR count). The number of carbonyl (C=O) groups excluding carboxylic acids is 1. The molecule has 2 atom stereocenters. The maximum atomic E-state index is 10.6. The van der Waals surface area contributed by atoms with E-state index in [1.807, 2.05) is 12.1 Å². The van der Waals surface area contributed by atoms with Gasteiger partial charge in [0, 0.05) is 12.1 Å². The van der Waals surface area contributed by atoms with Crippen LogP contribution >= 0.6 is 0 Å². The van der Waals surface area contributed by atoms with Crippen molar-refractivity contribution in [1.29, 1.82) is 0 Å². The van der Waals surface area contributed by atoms with Gasteiger partial charge in [0.1, 0.15) is 6.29 Å². The second-order valence-electron chi connectivity index (χ2n) is 5.24. The molecule has 2 nitrogen and oxygen atoms in total. The maximum Gasteiger partial charge on any atom is 0.150 e. The Kier molecular flexibility index (Phi) is 3.95. The Hall–Kier alpha value is -1.15. The van der Waals surface area contributed by atoms with Crippen LogP contribution in [-0.4, -0.2) is 31.3 Å². The summed E-state index contributed by atoms with van der Waals surface area (Å²) in [5, 5.41) is 0. The number of nitrogens with zero attached hydrogens (tertiary/aromatic N) is 1. The summed E-state index contributed by atoms with van der Waals surface area (Å²) in [4.78, 5) is 13.0. The number of hydrogen-bond acceptors (Lipinski definition) is 2. The third-order valence-electron chi connectivity index (χ3n) is 3.97. The third kappa shape index (κ3) is 2.95. The molecule has 0 aromatic heterocycles. The zero-order valence-electron chi connectivity index (χ0n) is 10.7. The molecule has 92 valence electrons. The molecule has 0 spiro atoms. The lowest BCUT2D eigenvalue weighted by Gasteiger charge is -2.33. The Morgan fingerprint density at radius 2 is 2.06 bits per heavy atom.